The van der Waals surface area contributed by atoms with Crippen molar-refractivity contribution in [1.29, 1.82) is 0 Å². The molecule has 2 N–H and O–H groups in total. The van der Waals surface area contributed by atoms with E-state index in [-0.39, 0.29) is 24.4 Å². The van der Waals surface area contributed by atoms with E-state index in [9.17, 15) is 19.5 Å². The van der Waals surface area contributed by atoms with Crippen LogP contribution in [0.15, 0.2) is 24.3 Å². The van der Waals surface area contributed by atoms with E-state index < -0.39 is 18.2 Å². The number of hydrogen-bond donors (Lipinski definition) is 2. The highest BCUT2D eigenvalue weighted by Crippen LogP contribution is 2.25. The van der Waals surface area contributed by atoms with E-state index in [0.29, 0.717) is 18.0 Å². The van der Waals surface area contributed by atoms with E-state index in [1.807, 2.05) is 12.1 Å². The summed E-state index contributed by atoms with van der Waals surface area (Å²) in [6, 6.07) is 7.28. The van der Waals surface area contributed by atoms with Crippen molar-refractivity contribution in [3.63, 3.8) is 0 Å². The SMILES string of the molecule is C[C@@H]1CCCC[C@@H]1NC(=O)COC(=O)[C@@](C)(O)CN1Cc2ccccc2C1=O. The standard InChI is InChI=1S/C21H28N2O5/c1-14-7-3-6-10-17(14)22-18(24)12-28-20(26)21(2,27)13-23-11-15-8-4-5-9-16(15)19(23)25/h4-5,8-9,14,17,27H,3,6-7,10-13H2,1-2H3,(H,22,24)/t14-,17+,21+/m1/s1. The molecule has 28 heavy (non-hydrogen) atoms. The largest absolute Gasteiger partial charge is 0.453 e. The van der Waals surface area contributed by atoms with Crippen LogP contribution >= 0.6 is 0 Å². The first-order chi connectivity index (χ1) is 13.3. The van der Waals surface area contributed by atoms with E-state index in [0.717, 1.165) is 24.8 Å². The number of benzene rings is 1. The number of carbonyl (C=O) groups excluding carboxylic acids is 3. The predicted octanol–water partition coefficient (Wildman–Crippen LogP) is 1.63. The van der Waals surface area contributed by atoms with Gasteiger partial charge in [0.25, 0.3) is 11.8 Å². The summed E-state index contributed by atoms with van der Waals surface area (Å²) in [5, 5.41) is 13.4. The summed E-state index contributed by atoms with van der Waals surface area (Å²) in [5.74, 6) is -1.11. The number of carbonyl (C=O) groups is 3. The molecule has 1 aliphatic carbocycles. The molecule has 1 heterocycles. The zero-order valence-electron chi connectivity index (χ0n) is 16.4. The van der Waals surface area contributed by atoms with Gasteiger partial charge in [-0.3, -0.25) is 9.59 Å². The van der Waals surface area contributed by atoms with E-state index in [1.54, 1.807) is 12.1 Å². The number of amides is 2. The normalized spacial score (nSPS) is 23.7. The van der Waals surface area contributed by atoms with Gasteiger partial charge in [0.15, 0.2) is 12.2 Å². The first-order valence-corrected chi connectivity index (χ1v) is 9.84. The van der Waals surface area contributed by atoms with Crippen LogP contribution in [0, 0.1) is 5.92 Å². The zero-order chi connectivity index (χ0) is 20.3. The monoisotopic (exact) mass is 388 g/mol. The third kappa shape index (κ3) is 4.52. The molecule has 0 radical (unpaired) electrons. The minimum Gasteiger partial charge on any atom is -0.453 e. The van der Waals surface area contributed by atoms with Gasteiger partial charge in [0.05, 0.1) is 6.54 Å². The second kappa shape index (κ2) is 8.31. The summed E-state index contributed by atoms with van der Waals surface area (Å²) in [4.78, 5) is 38.2. The Morgan fingerprint density at radius 1 is 1.29 bits per heavy atom. The number of β-amino-alcohol motifs (C(OH)–C–C–N with tert-alkyl or cyclic N) is 1. The van der Waals surface area contributed by atoms with Gasteiger partial charge in [0.1, 0.15) is 0 Å². The third-order valence-electron chi connectivity index (χ3n) is 5.63. The first-order valence-electron chi connectivity index (χ1n) is 9.84. The number of aliphatic hydroxyl groups is 1. The molecule has 0 bridgehead atoms. The maximum Gasteiger partial charge on any atom is 0.340 e. The molecule has 7 nitrogen and oxygen atoms in total. The Kier molecular flexibility index (Phi) is 6.03. The Balaban J connectivity index is 1.49. The Labute approximate surface area is 165 Å². The summed E-state index contributed by atoms with van der Waals surface area (Å²) in [7, 11) is 0. The van der Waals surface area contributed by atoms with Crippen LogP contribution in [0.25, 0.3) is 0 Å². The lowest BCUT2D eigenvalue weighted by Gasteiger charge is -2.30. The van der Waals surface area contributed by atoms with Gasteiger partial charge in [0, 0.05) is 18.2 Å². The van der Waals surface area contributed by atoms with Gasteiger partial charge >= 0.3 is 5.97 Å². The average Bonchev–Trinajstić information content (AvgIpc) is 2.97. The lowest BCUT2D eigenvalue weighted by atomic mass is 9.86. The lowest BCUT2D eigenvalue weighted by Crippen LogP contribution is -2.49. The van der Waals surface area contributed by atoms with Gasteiger partial charge < -0.3 is 20.1 Å². The topological polar surface area (TPSA) is 95.9 Å². The Bertz CT molecular complexity index is 761. The number of ether oxygens (including phenoxy) is 1. The van der Waals surface area contributed by atoms with Crippen molar-refractivity contribution in [2.24, 2.45) is 5.92 Å². The molecule has 7 heteroatoms. The number of nitrogens with zero attached hydrogens (tertiary/aromatic N) is 1. The van der Waals surface area contributed by atoms with Crippen molar-refractivity contribution in [3.8, 4) is 0 Å². The molecular weight excluding hydrogens is 360 g/mol. The number of hydrogen-bond acceptors (Lipinski definition) is 5. The Hall–Kier alpha value is -2.41. The first kappa shape index (κ1) is 20.3. The number of rotatable bonds is 6. The van der Waals surface area contributed by atoms with Gasteiger partial charge in [-0.2, -0.15) is 0 Å². The molecule has 1 aromatic rings. The molecule has 0 spiro atoms. The second-order valence-electron chi connectivity index (χ2n) is 8.10. The van der Waals surface area contributed by atoms with Crippen LogP contribution in [-0.4, -0.2) is 52.6 Å². The average molecular weight is 388 g/mol. The van der Waals surface area contributed by atoms with Crippen LogP contribution in [0.2, 0.25) is 0 Å². The fraction of sp³-hybridized carbons (Fsp3) is 0.571. The number of esters is 1. The Morgan fingerprint density at radius 3 is 2.71 bits per heavy atom. The van der Waals surface area contributed by atoms with Crippen LogP contribution in [-0.2, 0) is 20.9 Å². The summed E-state index contributed by atoms with van der Waals surface area (Å²) in [5.41, 5.74) is -0.457. The maximum atomic E-state index is 12.4. The molecule has 0 saturated heterocycles. The summed E-state index contributed by atoms with van der Waals surface area (Å²) in [6.45, 7) is 3.10. The summed E-state index contributed by atoms with van der Waals surface area (Å²) >= 11 is 0. The van der Waals surface area contributed by atoms with Crippen LogP contribution < -0.4 is 5.32 Å². The minimum atomic E-state index is -1.89. The number of fused-ring (bicyclic) bond motifs is 1. The van der Waals surface area contributed by atoms with Crippen molar-refractivity contribution in [2.45, 2.75) is 57.7 Å². The van der Waals surface area contributed by atoms with Gasteiger partial charge in [-0.1, -0.05) is 38.0 Å². The molecule has 1 fully saturated rings. The highest BCUT2D eigenvalue weighted by Gasteiger charge is 2.39. The van der Waals surface area contributed by atoms with Gasteiger partial charge in [-0.15, -0.1) is 0 Å². The minimum absolute atomic E-state index is 0.0983. The molecule has 2 aliphatic rings. The van der Waals surface area contributed by atoms with Crippen molar-refractivity contribution >= 4 is 17.8 Å². The second-order valence-corrected chi connectivity index (χ2v) is 8.10. The molecule has 2 amide bonds. The van der Waals surface area contributed by atoms with Crippen LogP contribution in [0.3, 0.4) is 0 Å². The van der Waals surface area contributed by atoms with E-state index in [1.165, 1.54) is 18.2 Å². The van der Waals surface area contributed by atoms with E-state index in [4.69, 9.17) is 4.74 Å². The molecule has 0 unspecified atom stereocenters. The van der Waals surface area contributed by atoms with Gasteiger partial charge in [0.2, 0.25) is 0 Å². The molecule has 1 aromatic carbocycles. The van der Waals surface area contributed by atoms with Gasteiger partial charge in [-0.05, 0) is 37.3 Å². The van der Waals surface area contributed by atoms with Crippen molar-refractivity contribution in [2.75, 3.05) is 13.2 Å². The van der Waals surface area contributed by atoms with Crippen LogP contribution in [0.4, 0.5) is 0 Å². The van der Waals surface area contributed by atoms with Crippen molar-refractivity contribution < 1.29 is 24.2 Å². The number of nitrogens with one attached hydrogen (secondary N) is 1. The van der Waals surface area contributed by atoms with Crippen LogP contribution in [0.5, 0.6) is 0 Å². The van der Waals surface area contributed by atoms with Gasteiger partial charge in [-0.25, -0.2) is 4.79 Å². The summed E-state index contributed by atoms with van der Waals surface area (Å²) < 4.78 is 5.03. The highest BCUT2D eigenvalue weighted by atomic mass is 16.6. The molecule has 0 aromatic heterocycles. The maximum absolute atomic E-state index is 12.4. The van der Waals surface area contributed by atoms with Crippen LogP contribution in [0.1, 0.15) is 55.5 Å². The quantitative estimate of drug-likeness (QED) is 0.722. The molecular formula is C21H28N2O5. The van der Waals surface area contributed by atoms with Crippen molar-refractivity contribution in [3.05, 3.63) is 35.4 Å². The lowest BCUT2D eigenvalue weighted by molar-refractivity contribution is -0.167. The molecule has 3 atom stereocenters. The third-order valence-corrected chi connectivity index (χ3v) is 5.63. The molecule has 3 rings (SSSR count). The fourth-order valence-corrected chi connectivity index (χ4v) is 3.94. The Morgan fingerprint density at radius 2 is 2.00 bits per heavy atom. The fourth-order valence-electron chi connectivity index (χ4n) is 3.94. The smallest absolute Gasteiger partial charge is 0.340 e. The highest BCUT2D eigenvalue weighted by molar-refractivity contribution is 5.98. The molecule has 1 aliphatic heterocycles. The predicted molar refractivity (Wildman–Crippen MR) is 102 cm³/mol. The van der Waals surface area contributed by atoms with Crippen molar-refractivity contribution in [1.82, 2.24) is 10.2 Å². The zero-order valence-corrected chi connectivity index (χ0v) is 16.4. The molecule has 1 saturated carbocycles. The molecule has 152 valence electrons. The van der Waals surface area contributed by atoms with E-state index in [2.05, 4.69) is 12.2 Å². The van der Waals surface area contributed by atoms with E-state index >= 15 is 0 Å². The summed E-state index contributed by atoms with van der Waals surface area (Å²) in [6.07, 6.45) is 4.25.